The molecule has 0 fully saturated rings. The van der Waals surface area contributed by atoms with Crippen LogP contribution >= 0.6 is 0 Å². The summed E-state index contributed by atoms with van der Waals surface area (Å²) in [5.74, 6) is -6.88. The molecule has 0 atom stereocenters. The Morgan fingerprint density at radius 2 is 0.700 bits per heavy atom. The lowest BCUT2D eigenvalue weighted by Gasteiger charge is -2.40. The van der Waals surface area contributed by atoms with Crippen molar-refractivity contribution in [1.82, 2.24) is 0 Å². The summed E-state index contributed by atoms with van der Waals surface area (Å²) in [6, 6.07) is 0. The topological polar surface area (TPSA) is 190 Å². The van der Waals surface area contributed by atoms with E-state index in [9.17, 15) is 29.4 Å². The Morgan fingerprint density at radius 1 is 0.550 bits per heavy atom. The van der Waals surface area contributed by atoms with E-state index >= 15 is 0 Å². The van der Waals surface area contributed by atoms with Gasteiger partial charge in [0.15, 0.2) is 0 Å². The second kappa shape index (κ2) is 6.30. The molecular formula is C10H14O10. The van der Waals surface area contributed by atoms with Crippen molar-refractivity contribution in [3.05, 3.63) is 0 Å². The van der Waals surface area contributed by atoms with Crippen molar-refractivity contribution in [3.8, 4) is 0 Å². The van der Waals surface area contributed by atoms with Crippen LogP contribution in [0.4, 0.5) is 0 Å². The van der Waals surface area contributed by atoms with E-state index < -0.39 is 60.8 Å². The van der Waals surface area contributed by atoms with Gasteiger partial charge in [0, 0.05) is 0 Å². The monoisotopic (exact) mass is 294 g/mol. The smallest absolute Gasteiger partial charge is 0.306 e. The molecule has 0 aliphatic rings. The molecule has 0 aliphatic heterocycles. The SMILES string of the molecule is O=C(O)CC(O)(CC(=O)O)C(O)(CC(=O)O)CC(=O)O. The quantitative estimate of drug-likeness (QED) is 0.287. The number of carboxylic acid groups (broad SMARTS) is 4. The lowest BCUT2D eigenvalue weighted by atomic mass is 9.73. The summed E-state index contributed by atoms with van der Waals surface area (Å²) < 4.78 is 0. The van der Waals surface area contributed by atoms with Gasteiger partial charge >= 0.3 is 23.9 Å². The van der Waals surface area contributed by atoms with Crippen LogP contribution in [0, 0.1) is 0 Å². The summed E-state index contributed by atoms with van der Waals surface area (Å²) in [7, 11) is 0. The second-order valence-electron chi connectivity index (χ2n) is 4.35. The molecule has 0 aromatic rings. The molecule has 20 heavy (non-hydrogen) atoms. The van der Waals surface area contributed by atoms with Crippen molar-refractivity contribution in [2.75, 3.05) is 0 Å². The van der Waals surface area contributed by atoms with Crippen LogP contribution in [0.1, 0.15) is 25.7 Å². The van der Waals surface area contributed by atoms with Crippen LogP contribution in [0.25, 0.3) is 0 Å². The number of aliphatic carboxylic acids is 4. The fourth-order valence-electron chi connectivity index (χ4n) is 1.78. The third-order valence-corrected chi connectivity index (χ3v) is 2.64. The Balaban J connectivity index is 5.70. The van der Waals surface area contributed by atoms with Crippen LogP contribution in [0.5, 0.6) is 0 Å². The molecule has 0 aliphatic carbocycles. The van der Waals surface area contributed by atoms with E-state index in [4.69, 9.17) is 20.4 Å². The molecule has 0 heterocycles. The Labute approximate surface area is 111 Å². The van der Waals surface area contributed by atoms with Crippen LogP contribution in [-0.4, -0.2) is 65.7 Å². The molecule has 0 aromatic heterocycles. The van der Waals surface area contributed by atoms with E-state index in [2.05, 4.69) is 0 Å². The average Bonchev–Trinajstić information content (AvgIpc) is 2.10. The third kappa shape index (κ3) is 4.82. The van der Waals surface area contributed by atoms with Gasteiger partial charge < -0.3 is 30.6 Å². The third-order valence-electron chi connectivity index (χ3n) is 2.64. The van der Waals surface area contributed by atoms with Gasteiger partial charge in [-0.1, -0.05) is 0 Å². The highest BCUT2D eigenvalue weighted by atomic mass is 16.4. The molecule has 0 radical (unpaired) electrons. The van der Waals surface area contributed by atoms with Gasteiger partial charge in [-0.3, -0.25) is 19.2 Å². The van der Waals surface area contributed by atoms with Crippen LogP contribution in [0.2, 0.25) is 0 Å². The minimum Gasteiger partial charge on any atom is -0.481 e. The average molecular weight is 294 g/mol. The Kier molecular flexibility index (Phi) is 5.61. The van der Waals surface area contributed by atoms with Gasteiger partial charge in [-0.15, -0.1) is 0 Å². The van der Waals surface area contributed by atoms with Gasteiger partial charge in [0.05, 0.1) is 25.7 Å². The van der Waals surface area contributed by atoms with Crippen LogP contribution in [0.3, 0.4) is 0 Å². The molecule has 0 rings (SSSR count). The highest BCUT2D eigenvalue weighted by Crippen LogP contribution is 2.35. The molecule has 6 N–H and O–H groups in total. The summed E-state index contributed by atoms with van der Waals surface area (Å²) in [6.07, 6.45) is -5.29. The summed E-state index contributed by atoms with van der Waals surface area (Å²) in [5.41, 5.74) is -5.89. The predicted octanol–water partition coefficient (Wildman–Crippen LogP) is -1.65. The molecule has 0 amide bonds. The summed E-state index contributed by atoms with van der Waals surface area (Å²) in [5, 5.41) is 54.6. The molecule has 0 saturated carbocycles. The van der Waals surface area contributed by atoms with Gasteiger partial charge in [0.2, 0.25) is 0 Å². The first-order valence-corrected chi connectivity index (χ1v) is 5.24. The number of aliphatic hydroxyl groups is 2. The van der Waals surface area contributed by atoms with E-state index in [0.717, 1.165) is 0 Å². The highest BCUT2D eigenvalue weighted by Gasteiger charge is 2.54. The summed E-state index contributed by atoms with van der Waals surface area (Å²) in [4.78, 5) is 42.6. The Hall–Kier alpha value is -2.20. The number of hydrogen-bond acceptors (Lipinski definition) is 6. The maximum Gasteiger partial charge on any atom is 0.306 e. The number of rotatable bonds is 9. The zero-order valence-electron chi connectivity index (χ0n) is 10.1. The molecule has 0 aromatic carbocycles. The Morgan fingerprint density at radius 3 is 0.800 bits per heavy atom. The standard InChI is InChI=1S/C10H14O10/c11-5(12)1-9(19,2-6(13)14)10(20,3-7(15)16)4-8(17)18/h19-20H,1-4H2,(H,11,12)(H,13,14)(H,15,16)(H,17,18). The van der Waals surface area contributed by atoms with E-state index in [0.29, 0.717) is 0 Å². The summed E-state index contributed by atoms with van der Waals surface area (Å²) in [6.45, 7) is 0. The summed E-state index contributed by atoms with van der Waals surface area (Å²) >= 11 is 0. The first kappa shape index (κ1) is 17.8. The zero-order chi connectivity index (χ0) is 16.1. The molecule has 114 valence electrons. The maximum atomic E-state index is 10.7. The van der Waals surface area contributed by atoms with E-state index in [-0.39, 0.29) is 0 Å². The number of carboxylic acids is 4. The molecular weight excluding hydrogens is 280 g/mol. The largest absolute Gasteiger partial charge is 0.481 e. The van der Waals surface area contributed by atoms with Gasteiger partial charge in [0.25, 0.3) is 0 Å². The van der Waals surface area contributed by atoms with Gasteiger partial charge in [-0.2, -0.15) is 0 Å². The van der Waals surface area contributed by atoms with Crippen LogP contribution in [-0.2, 0) is 19.2 Å². The fraction of sp³-hybridized carbons (Fsp3) is 0.600. The zero-order valence-corrected chi connectivity index (χ0v) is 10.1. The molecule has 10 nitrogen and oxygen atoms in total. The van der Waals surface area contributed by atoms with Crippen molar-refractivity contribution in [2.45, 2.75) is 36.9 Å². The van der Waals surface area contributed by atoms with E-state index in [1.807, 2.05) is 0 Å². The highest BCUT2D eigenvalue weighted by molar-refractivity contribution is 5.77. The van der Waals surface area contributed by atoms with Crippen molar-refractivity contribution < 1.29 is 49.8 Å². The van der Waals surface area contributed by atoms with Crippen molar-refractivity contribution in [2.24, 2.45) is 0 Å². The van der Waals surface area contributed by atoms with Gasteiger partial charge in [-0.25, -0.2) is 0 Å². The van der Waals surface area contributed by atoms with Crippen LogP contribution < -0.4 is 0 Å². The second-order valence-corrected chi connectivity index (χ2v) is 4.35. The molecule has 0 saturated heterocycles. The molecule has 0 bridgehead atoms. The van der Waals surface area contributed by atoms with Crippen LogP contribution in [0.15, 0.2) is 0 Å². The molecule has 0 unspecified atom stereocenters. The van der Waals surface area contributed by atoms with Crippen molar-refractivity contribution >= 4 is 23.9 Å². The minimum atomic E-state index is -2.94. The van der Waals surface area contributed by atoms with E-state index in [1.54, 1.807) is 0 Å². The lowest BCUT2D eigenvalue weighted by Crippen LogP contribution is -2.58. The minimum absolute atomic E-state index is 1.32. The van der Waals surface area contributed by atoms with Crippen molar-refractivity contribution in [3.63, 3.8) is 0 Å². The lowest BCUT2D eigenvalue weighted by molar-refractivity contribution is -0.197. The maximum absolute atomic E-state index is 10.7. The van der Waals surface area contributed by atoms with E-state index in [1.165, 1.54) is 0 Å². The fourth-order valence-corrected chi connectivity index (χ4v) is 1.78. The predicted molar refractivity (Wildman–Crippen MR) is 58.9 cm³/mol. The molecule has 0 spiro atoms. The number of hydrogen-bond donors (Lipinski definition) is 6. The Bertz CT molecular complexity index is 354. The van der Waals surface area contributed by atoms with Crippen molar-refractivity contribution in [1.29, 1.82) is 0 Å². The molecule has 10 heteroatoms. The first-order valence-electron chi connectivity index (χ1n) is 5.24. The number of carbonyl (C=O) groups is 4. The van der Waals surface area contributed by atoms with Gasteiger partial charge in [-0.05, 0) is 0 Å². The first-order chi connectivity index (χ1) is 8.92. The normalized spacial score (nSPS) is 11.9. The van der Waals surface area contributed by atoms with Gasteiger partial charge in [0.1, 0.15) is 11.2 Å².